The molecule has 0 spiro atoms. The highest BCUT2D eigenvalue weighted by Gasteiger charge is 2.28. The first-order valence-electron chi connectivity index (χ1n) is 10.1. The fourth-order valence-electron chi connectivity index (χ4n) is 3.10. The second-order valence-corrected chi connectivity index (χ2v) is 8.31. The fourth-order valence-corrected chi connectivity index (χ4v) is 3.99. The van der Waals surface area contributed by atoms with Crippen molar-refractivity contribution in [1.82, 2.24) is 10.3 Å². The predicted octanol–water partition coefficient (Wildman–Crippen LogP) is 4.80. The molecule has 31 heavy (non-hydrogen) atoms. The van der Waals surface area contributed by atoms with Gasteiger partial charge < -0.3 is 10.6 Å². The summed E-state index contributed by atoms with van der Waals surface area (Å²) < 4.78 is 0. The minimum absolute atomic E-state index is 0.0894. The molecule has 3 rings (SSSR count). The van der Waals surface area contributed by atoms with Gasteiger partial charge in [-0.3, -0.25) is 14.4 Å². The van der Waals surface area contributed by atoms with Gasteiger partial charge in [0.2, 0.25) is 5.91 Å². The molecule has 0 aliphatic rings. The van der Waals surface area contributed by atoms with Gasteiger partial charge in [-0.25, -0.2) is 4.98 Å². The molecule has 2 unspecified atom stereocenters. The number of ketones is 1. The van der Waals surface area contributed by atoms with E-state index >= 15 is 0 Å². The summed E-state index contributed by atoms with van der Waals surface area (Å²) in [5.74, 6) is -0.877. The van der Waals surface area contributed by atoms with Crippen LogP contribution >= 0.6 is 11.3 Å². The Balaban J connectivity index is 1.83. The fraction of sp³-hybridized carbons (Fsp3) is 0.250. The summed E-state index contributed by atoms with van der Waals surface area (Å²) in [4.78, 5) is 42.8. The van der Waals surface area contributed by atoms with E-state index in [0.717, 1.165) is 16.9 Å². The van der Waals surface area contributed by atoms with Gasteiger partial charge in [0, 0.05) is 18.1 Å². The molecule has 2 amide bonds. The summed E-state index contributed by atoms with van der Waals surface area (Å²) in [6.45, 7) is 5.35. The number of thiazole rings is 1. The largest absolute Gasteiger partial charge is 0.340 e. The number of Topliss-reactive ketones (excluding diaryl/α,β-unsaturated/α-hetero) is 1. The van der Waals surface area contributed by atoms with Crippen LogP contribution in [0.25, 0.3) is 11.3 Å². The number of nitrogens with zero attached hydrogens (tertiary/aromatic N) is 1. The third kappa shape index (κ3) is 5.44. The van der Waals surface area contributed by atoms with E-state index in [2.05, 4.69) is 15.6 Å². The van der Waals surface area contributed by atoms with Crippen molar-refractivity contribution in [1.29, 1.82) is 0 Å². The van der Waals surface area contributed by atoms with Crippen LogP contribution in [-0.4, -0.2) is 28.6 Å². The Kier molecular flexibility index (Phi) is 7.31. The molecule has 2 aromatic carbocycles. The SMILES string of the molecule is CCC(C)C(NC(=O)c1ccccc1)C(=O)Nc1nc(-c2ccccc2)c(C(C)=O)s1. The third-order valence-corrected chi connectivity index (χ3v) is 6.11. The summed E-state index contributed by atoms with van der Waals surface area (Å²) in [7, 11) is 0. The van der Waals surface area contributed by atoms with E-state index in [9.17, 15) is 14.4 Å². The molecule has 160 valence electrons. The molecule has 0 saturated carbocycles. The molecule has 3 aromatic rings. The van der Waals surface area contributed by atoms with Crippen LogP contribution in [0.2, 0.25) is 0 Å². The lowest BCUT2D eigenvalue weighted by Crippen LogP contribution is -2.47. The minimum Gasteiger partial charge on any atom is -0.340 e. The maximum Gasteiger partial charge on any atom is 0.251 e. The molecule has 2 atom stereocenters. The summed E-state index contributed by atoms with van der Waals surface area (Å²) in [5, 5.41) is 5.97. The number of hydrogen-bond acceptors (Lipinski definition) is 5. The Morgan fingerprint density at radius 1 is 1.00 bits per heavy atom. The first-order valence-corrected chi connectivity index (χ1v) is 11.0. The van der Waals surface area contributed by atoms with E-state index in [1.54, 1.807) is 24.3 Å². The Hall–Kier alpha value is -3.32. The van der Waals surface area contributed by atoms with Crippen molar-refractivity contribution in [2.24, 2.45) is 5.92 Å². The molecule has 0 fully saturated rings. The lowest BCUT2D eigenvalue weighted by molar-refractivity contribution is -0.119. The van der Waals surface area contributed by atoms with Gasteiger partial charge in [-0.1, -0.05) is 80.1 Å². The summed E-state index contributed by atoms with van der Waals surface area (Å²) in [6.07, 6.45) is 0.707. The van der Waals surface area contributed by atoms with E-state index < -0.39 is 6.04 Å². The van der Waals surface area contributed by atoms with Crippen LogP contribution in [0.4, 0.5) is 5.13 Å². The smallest absolute Gasteiger partial charge is 0.251 e. The van der Waals surface area contributed by atoms with Gasteiger partial charge in [0.15, 0.2) is 10.9 Å². The molecular formula is C24H25N3O3S. The number of carbonyl (C=O) groups is 3. The summed E-state index contributed by atoms with van der Waals surface area (Å²) in [5.41, 5.74) is 1.84. The first-order chi connectivity index (χ1) is 14.9. The highest BCUT2D eigenvalue weighted by molar-refractivity contribution is 7.18. The molecule has 1 aromatic heterocycles. The molecule has 1 heterocycles. The number of anilines is 1. The predicted molar refractivity (Wildman–Crippen MR) is 123 cm³/mol. The van der Waals surface area contributed by atoms with E-state index in [1.807, 2.05) is 50.2 Å². The van der Waals surface area contributed by atoms with Crippen LogP contribution in [-0.2, 0) is 4.79 Å². The second-order valence-electron chi connectivity index (χ2n) is 7.31. The average Bonchev–Trinajstić information content (AvgIpc) is 3.22. The molecule has 0 saturated heterocycles. The van der Waals surface area contributed by atoms with E-state index in [1.165, 1.54) is 6.92 Å². The van der Waals surface area contributed by atoms with Crippen molar-refractivity contribution in [3.63, 3.8) is 0 Å². The van der Waals surface area contributed by atoms with Crippen LogP contribution in [0, 0.1) is 5.92 Å². The molecule has 6 nitrogen and oxygen atoms in total. The van der Waals surface area contributed by atoms with Gasteiger partial charge >= 0.3 is 0 Å². The number of carbonyl (C=O) groups excluding carboxylic acids is 3. The molecule has 0 aliphatic heterocycles. The number of benzene rings is 2. The molecular weight excluding hydrogens is 410 g/mol. The highest BCUT2D eigenvalue weighted by Crippen LogP contribution is 2.31. The van der Waals surface area contributed by atoms with Crippen LogP contribution in [0.3, 0.4) is 0 Å². The topological polar surface area (TPSA) is 88.2 Å². The van der Waals surface area contributed by atoms with E-state index in [-0.39, 0.29) is 23.5 Å². The highest BCUT2D eigenvalue weighted by atomic mass is 32.1. The van der Waals surface area contributed by atoms with Crippen LogP contribution < -0.4 is 10.6 Å². The summed E-state index contributed by atoms with van der Waals surface area (Å²) in [6, 6.07) is 17.4. The first kappa shape index (κ1) is 22.4. The van der Waals surface area contributed by atoms with Crippen molar-refractivity contribution in [2.75, 3.05) is 5.32 Å². The van der Waals surface area contributed by atoms with Crippen molar-refractivity contribution in [2.45, 2.75) is 33.2 Å². The standard InChI is InChI=1S/C24H25N3O3S/c1-4-15(2)19(25-22(29)18-13-9-6-10-14-18)23(30)27-24-26-20(21(31-24)16(3)28)17-11-7-5-8-12-17/h5-15,19H,4H2,1-3H3,(H,25,29)(H,26,27,30). The van der Waals surface area contributed by atoms with Gasteiger partial charge in [-0.2, -0.15) is 0 Å². The van der Waals surface area contributed by atoms with Crippen LogP contribution in [0.15, 0.2) is 60.7 Å². The van der Waals surface area contributed by atoms with Gasteiger partial charge in [0.25, 0.3) is 5.91 Å². The zero-order valence-corrected chi connectivity index (χ0v) is 18.5. The van der Waals surface area contributed by atoms with Crippen molar-refractivity contribution in [3.8, 4) is 11.3 Å². The minimum atomic E-state index is -0.734. The van der Waals surface area contributed by atoms with E-state index in [0.29, 0.717) is 27.7 Å². The van der Waals surface area contributed by atoms with Crippen molar-refractivity contribution in [3.05, 3.63) is 71.1 Å². The molecule has 2 N–H and O–H groups in total. The van der Waals surface area contributed by atoms with Crippen LogP contribution in [0.5, 0.6) is 0 Å². The normalized spacial score (nSPS) is 12.6. The second kappa shape index (κ2) is 10.1. The quantitative estimate of drug-likeness (QED) is 0.498. The lowest BCUT2D eigenvalue weighted by atomic mass is 9.98. The number of nitrogens with one attached hydrogen (secondary N) is 2. The Labute approximate surface area is 185 Å². The lowest BCUT2D eigenvalue weighted by Gasteiger charge is -2.23. The zero-order chi connectivity index (χ0) is 22.4. The maximum absolute atomic E-state index is 13.1. The number of hydrogen-bond donors (Lipinski definition) is 2. The third-order valence-electron chi connectivity index (χ3n) is 5.04. The van der Waals surface area contributed by atoms with Gasteiger partial charge in [-0.15, -0.1) is 0 Å². The zero-order valence-electron chi connectivity index (χ0n) is 17.7. The monoisotopic (exact) mass is 435 g/mol. The summed E-state index contributed by atoms with van der Waals surface area (Å²) >= 11 is 1.14. The number of amides is 2. The Morgan fingerprint density at radius 2 is 1.61 bits per heavy atom. The molecule has 7 heteroatoms. The maximum atomic E-state index is 13.1. The van der Waals surface area contributed by atoms with Gasteiger partial charge in [0.1, 0.15) is 6.04 Å². The van der Waals surface area contributed by atoms with Crippen LogP contribution in [0.1, 0.15) is 47.2 Å². The van der Waals surface area contributed by atoms with Gasteiger partial charge in [-0.05, 0) is 18.1 Å². The Bertz CT molecular complexity index is 1060. The number of rotatable bonds is 8. The van der Waals surface area contributed by atoms with Gasteiger partial charge in [0.05, 0.1) is 10.6 Å². The van der Waals surface area contributed by atoms with Crippen molar-refractivity contribution >= 4 is 34.1 Å². The Morgan fingerprint density at radius 3 is 2.19 bits per heavy atom. The molecule has 0 bridgehead atoms. The van der Waals surface area contributed by atoms with Crippen molar-refractivity contribution < 1.29 is 14.4 Å². The molecule has 0 aliphatic carbocycles. The molecule has 0 radical (unpaired) electrons. The number of aromatic nitrogens is 1. The van der Waals surface area contributed by atoms with E-state index in [4.69, 9.17) is 0 Å². The average molecular weight is 436 g/mol.